The van der Waals surface area contributed by atoms with Crippen molar-refractivity contribution < 1.29 is 13.2 Å². The summed E-state index contributed by atoms with van der Waals surface area (Å²) in [7, 11) is 3.10. The molecule has 0 saturated heterocycles. The normalized spacial score (nSPS) is 15.8. The van der Waals surface area contributed by atoms with Crippen LogP contribution in [0.3, 0.4) is 0 Å². The maximum atomic E-state index is 12.9. The largest absolute Gasteiger partial charge is 0.435 e. The maximum Gasteiger partial charge on any atom is 0.435 e. The Hall–Kier alpha value is -1.00. The van der Waals surface area contributed by atoms with Crippen molar-refractivity contribution in [3.05, 3.63) is 17.5 Å². The number of aryl methyl sites for hydroxylation is 1. The molecule has 0 radical (unpaired) electrons. The van der Waals surface area contributed by atoms with E-state index in [9.17, 15) is 13.2 Å². The fraction of sp³-hybridized carbons (Fsp3) is 0.765. The van der Waals surface area contributed by atoms with E-state index in [-0.39, 0.29) is 36.1 Å². The summed E-state index contributed by atoms with van der Waals surface area (Å²) >= 11 is 0. The second kappa shape index (κ2) is 11.0. The molecule has 2 rings (SSSR count). The van der Waals surface area contributed by atoms with E-state index in [4.69, 9.17) is 0 Å². The Morgan fingerprint density at radius 2 is 1.96 bits per heavy atom. The first-order valence-electron chi connectivity index (χ1n) is 8.94. The summed E-state index contributed by atoms with van der Waals surface area (Å²) in [5.41, 5.74) is -0.742. The number of hydrogen-bond donors (Lipinski definition) is 2. The minimum atomic E-state index is -4.45. The lowest BCUT2D eigenvalue weighted by Gasteiger charge is -2.13. The van der Waals surface area contributed by atoms with Crippen molar-refractivity contribution in [3.8, 4) is 0 Å². The number of nitrogens with zero attached hydrogens (tertiary/aromatic N) is 3. The van der Waals surface area contributed by atoms with Gasteiger partial charge in [0.2, 0.25) is 0 Å². The summed E-state index contributed by atoms with van der Waals surface area (Å²) in [6, 6.07) is 0. The van der Waals surface area contributed by atoms with E-state index in [1.54, 1.807) is 7.05 Å². The summed E-state index contributed by atoms with van der Waals surface area (Å²) in [6.45, 7) is 0.802. The second-order valence-electron chi connectivity index (χ2n) is 6.67. The molecule has 0 aromatic carbocycles. The molecule has 1 aromatic heterocycles. The van der Waals surface area contributed by atoms with Crippen molar-refractivity contribution in [1.29, 1.82) is 0 Å². The molecule has 1 aromatic rings. The zero-order valence-corrected chi connectivity index (χ0v) is 17.7. The van der Waals surface area contributed by atoms with Gasteiger partial charge in [0.05, 0.1) is 0 Å². The van der Waals surface area contributed by atoms with E-state index in [0.717, 1.165) is 18.9 Å². The Kier molecular flexibility index (Phi) is 9.73. The van der Waals surface area contributed by atoms with E-state index in [2.05, 4.69) is 20.7 Å². The number of aromatic nitrogens is 2. The molecule has 0 bridgehead atoms. The van der Waals surface area contributed by atoms with Crippen LogP contribution in [0, 0.1) is 5.92 Å². The molecule has 0 atom stereocenters. The Morgan fingerprint density at radius 1 is 1.27 bits per heavy atom. The number of rotatable bonds is 7. The fourth-order valence-corrected chi connectivity index (χ4v) is 3.37. The Labute approximate surface area is 170 Å². The van der Waals surface area contributed by atoms with Crippen molar-refractivity contribution in [2.45, 2.75) is 57.7 Å². The summed E-state index contributed by atoms with van der Waals surface area (Å²) in [6.07, 6.45) is 5.89. The van der Waals surface area contributed by atoms with Gasteiger partial charge in [-0.15, -0.1) is 24.0 Å². The number of hydrogen-bond acceptors (Lipinski definition) is 2. The number of unbranched alkanes of at least 4 members (excludes halogenated alkanes) is 1. The Bertz CT molecular complexity index is 565. The predicted octanol–water partition coefficient (Wildman–Crippen LogP) is 4.08. The van der Waals surface area contributed by atoms with Crippen LogP contribution in [0.15, 0.2) is 11.2 Å². The highest BCUT2D eigenvalue weighted by molar-refractivity contribution is 14.0. The number of guanidine groups is 1. The number of halogens is 4. The highest BCUT2D eigenvalue weighted by Gasteiger charge is 2.36. The van der Waals surface area contributed by atoms with Gasteiger partial charge in [-0.2, -0.15) is 18.3 Å². The zero-order chi connectivity index (χ0) is 18.3. The number of nitrogens with one attached hydrogen (secondary N) is 2. The van der Waals surface area contributed by atoms with Gasteiger partial charge in [-0.25, -0.2) is 0 Å². The highest BCUT2D eigenvalue weighted by atomic mass is 127. The van der Waals surface area contributed by atoms with E-state index in [0.29, 0.717) is 5.96 Å². The summed E-state index contributed by atoms with van der Waals surface area (Å²) in [5, 5.41) is 9.59. The molecule has 1 aliphatic carbocycles. The average Bonchev–Trinajstić information content (AvgIpc) is 3.19. The predicted molar refractivity (Wildman–Crippen MR) is 108 cm³/mol. The quantitative estimate of drug-likeness (QED) is 0.264. The van der Waals surface area contributed by atoms with Gasteiger partial charge < -0.3 is 10.6 Å². The first-order chi connectivity index (χ1) is 11.9. The summed E-state index contributed by atoms with van der Waals surface area (Å²) in [4.78, 5) is 4.06. The molecular weight excluding hydrogens is 458 g/mol. The topological polar surface area (TPSA) is 54.2 Å². The number of aliphatic imine (C=N–C) groups is 1. The summed E-state index contributed by atoms with van der Waals surface area (Å²) < 4.78 is 40.0. The Morgan fingerprint density at radius 3 is 2.58 bits per heavy atom. The molecule has 1 aliphatic rings. The molecule has 1 fully saturated rings. The lowest BCUT2D eigenvalue weighted by Crippen LogP contribution is -2.37. The van der Waals surface area contributed by atoms with Gasteiger partial charge in [-0.1, -0.05) is 38.5 Å². The lowest BCUT2D eigenvalue weighted by atomic mass is 10.0. The third-order valence-corrected chi connectivity index (χ3v) is 4.65. The van der Waals surface area contributed by atoms with Gasteiger partial charge in [0, 0.05) is 38.9 Å². The lowest BCUT2D eigenvalue weighted by molar-refractivity contribution is -0.142. The monoisotopic (exact) mass is 487 g/mol. The minimum absolute atomic E-state index is 0. The molecule has 1 heterocycles. The van der Waals surface area contributed by atoms with Gasteiger partial charge in [-0.3, -0.25) is 9.67 Å². The minimum Gasteiger partial charge on any atom is -0.356 e. The Balaban J connectivity index is 0.00000338. The molecule has 0 unspecified atom stereocenters. The van der Waals surface area contributed by atoms with Gasteiger partial charge in [0.15, 0.2) is 11.7 Å². The third kappa shape index (κ3) is 7.32. The van der Waals surface area contributed by atoms with E-state index >= 15 is 0 Å². The molecule has 0 aliphatic heterocycles. The standard InChI is InChI=1S/C17H28F3N5.HI/c1-21-16(22-10-6-5-9-13-7-3-4-8-13)23-11-14-12-25(2)24-15(14)17(18,19)20;/h12-13H,3-11H2,1-2H3,(H2,21,22,23);1H. The molecule has 0 amide bonds. The van der Waals surface area contributed by atoms with Crippen molar-refractivity contribution in [3.63, 3.8) is 0 Å². The van der Waals surface area contributed by atoms with Crippen molar-refractivity contribution >= 4 is 29.9 Å². The van der Waals surface area contributed by atoms with Crippen LogP contribution in [-0.4, -0.2) is 29.3 Å². The molecular formula is C17H29F3IN5. The van der Waals surface area contributed by atoms with Crippen LogP contribution in [0.5, 0.6) is 0 Å². The smallest absolute Gasteiger partial charge is 0.356 e. The maximum absolute atomic E-state index is 12.9. The van der Waals surface area contributed by atoms with Crippen LogP contribution >= 0.6 is 24.0 Å². The van der Waals surface area contributed by atoms with E-state index in [1.165, 1.54) is 56.5 Å². The first kappa shape index (κ1) is 23.0. The van der Waals surface area contributed by atoms with Gasteiger partial charge in [0.25, 0.3) is 0 Å². The zero-order valence-electron chi connectivity index (χ0n) is 15.4. The first-order valence-corrected chi connectivity index (χ1v) is 8.94. The molecule has 5 nitrogen and oxygen atoms in total. The van der Waals surface area contributed by atoms with Gasteiger partial charge in [0.1, 0.15) is 0 Å². The molecule has 26 heavy (non-hydrogen) atoms. The average molecular weight is 487 g/mol. The van der Waals surface area contributed by atoms with Crippen LogP contribution in [0.1, 0.15) is 56.2 Å². The van der Waals surface area contributed by atoms with Crippen LogP contribution in [0.25, 0.3) is 0 Å². The SMILES string of the molecule is CN=C(NCCCCC1CCCC1)NCc1cn(C)nc1C(F)(F)F.I. The van der Waals surface area contributed by atoms with Crippen molar-refractivity contribution in [1.82, 2.24) is 20.4 Å². The molecule has 0 spiro atoms. The molecule has 2 N–H and O–H groups in total. The van der Waals surface area contributed by atoms with Crippen LogP contribution < -0.4 is 10.6 Å². The van der Waals surface area contributed by atoms with E-state index in [1.807, 2.05) is 0 Å². The van der Waals surface area contributed by atoms with Crippen LogP contribution in [-0.2, 0) is 19.8 Å². The van der Waals surface area contributed by atoms with E-state index < -0.39 is 11.9 Å². The van der Waals surface area contributed by atoms with Crippen molar-refractivity contribution in [2.75, 3.05) is 13.6 Å². The third-order valence-electron chi connectivity index (χ3n) is 4.65. The fourth-order valence-electron chi connectivity index (χ4n) is 3.37. The summed E-state index contributed by atoms with van der Waals surface area (Å²) in [5.74, 6) is 1.40. The van der Waals surface area contributed by atoms with Crippen LogP contribution in [0.2, 0.25) is 0 Å². The van der Waals surface area contributed by atoms with Gasteiger partial charge >= 0.3 is 6.18 Å². The van der Waals surface area contributed by atoms with Gasteiger partial charge in [-0.05, 0) is 12.3 Å². The molecule has 9 heteroatoms. The molecule has 1 saturated carbocycles. The number of alkyl halides is 3. The van der Waals surface area contributed by atoms with Crippen LogP contribution in [0.4, 0.5) is 13.2 Å². The second-order valence-corrected chi connectivity index (χ2v) is 6.67. The molecule has 150 valence electrons. The van der Waals surface area contributed by atoms with Crippen molar-refractivity contribution in [2.24, 2.45) is 18.0 Å². The highest BCUT2D eigenvalue weighted by Crippen LogP contribution is 2.30.